The van der Waals surface area contributed by atoms with Gasteiger partial charge in [0.05, 0.1) is 18.1 Å². The van der Waals surface area contributed by atoms with Crippen molar-refractivity contribution < 1.29 is 9.05 Å². The maximum absolute atomic E-state index is 5.31. The zero-order chi connectivity index (χ0) is 30.8. The van der Waals surface area contributed by atoms with Gasteiger partial charge in [-0.05, 0) is 21.8 Å². The van der Waals surface area contributed by atoms with Crippen LogP contribution in [-0.4, -0.2) is 20.5 Å². The molecular weight excluding hydrogens is 484 g/mol. The fourth-order valence-electron chi connectivity index (χ4n) is 4.05. The van der Waals surface area contributed by atoms with Gasteiger partial charge in [0.15, 0.2) is 0 Å². The molecule has 0 radical (unpaired) electrons. The number of nitrogens with one attached hydrogen (secondary N) is 1. The normalized spacial score (nSPS) is 13.4. The van der Waals surface area contributed by atoms with Gasteiger partial charge in [-0.1, -0.05) is 135 Å². The Morgan fingerprint density at radius 3 is 1.33 bits per heavy atom. The van der Waals surface area contributed by atoms with Gasteiger partial charge in [0.25, 0.3) is 0 Å². The van der Waals surface area contributed by atoms with Crippen molar-refractivity contribution in [2.75, 3.05) is 0 Å². The molecule has 0 saturated carbocycles. The molecule has 3 aromatic rings. The van der Waals surface area contributed by atoms with E-state index in [0.29, 0.717) is 0 Å². The number of hydrogen-bond acceptors (Lipinski definition) is 5. The van der Waals surface area contributed by atoms with Crippen molar-refractivity contribution in [3.63, 3.8) is 0 Å². The summed E-state index contributed by atoms with van der Waals surface area (Å²) < 4.78 is 10.4. The molecule has 0 unspecified atom stereocenters. The van der Waals surface area contributed by atoms with Crippen LogP contribution in [0.1, 0.15) is 158 Å². The van der Waals surface area contributed by atoms with E-state index in [1.54, 1.807) is 6.26 Å². The Bertz CT molecular complexity index is 919. The van der Waals surface area contributed by atoms with Gasteiger partial charge in [-0.3, -0.25) is 5.10 Å². The van der Waals surface area contributed by atoms with Crippen molar-refractivity contribution in [3.8, 4) is 0 Å². The Kier molecular flexibility index (Phi) is 10.3. The highest BCUT2D eigenvalue weighted by molar-refractivity contribution is 5.30. The Morgan fingerprint density at radius 1 is 0.538 bits per heavy atom. The number of aromatic nitrogens is 4. The van der Waals surface area contributed by atoms with Gasteiger partial charge in [-0.15, -0.1) is 0 Å². The fourth-order valence-corrected chi connectivity index (χ4v) is 4.05. The number of H-pyrrole nitrogens is 1. The Labute approximate surface area is 239 Å². The van der Waals surface area contributed by atoms with Crippen LogP contribution in [0.2, 0.25) is 0 Å². The van der Waals surface area contributed by atoms with Gasteiger partial charge < -0.3 is 9.05 Å². The molecular formula is C33H58N4O2. The second-order valence-electron chi connectivity index (χ2n) is 16.8. The highest BCUT2D eigenvalue weighted by Crippen LogP contribution is 2.34. The minimum Gasteiger partial charge on any atom is -0.364 e. The molecule has 6 nitrogen and oxygen atoms in total. The predicted molar refractivity (Wildman–Crippen MR) is 164 cm³/mol. The van der Waals surface area contributed by atoms with Crippen LogP contribution in [0.5, 0.6) is 0 Å². The molecule has 0 fully saturated rings. The molecule has 3 rings (SSSR count). The lowest BCUT2D eigenvalue weighted by Gasteiger charge is -2.25. The molecule has 0 aliphatic rings. The van der Waals surface area contributed by atoms with E-state index in [0.717, 1.165) is 11.5 Å². The molecule has 1 N–H and O–H groups in total. The van der Waals surface area contributed by atoms with E-state index < -0.39 is 0 Å². The van der Waals surface area contributed by atoms with E-state index >= 15 is 0 Å². The Morgan fingerprint density at radius 2 is 1.03 bits per heavy atom. The van der Waals surface area contributed by atoms with Crippen LogP contribution in [0.3, 0.4) is 0 Å². The molecule has 3 aromatic heterocycles. The van der Waals surface area contributed by atoms with Crippen molar-refractivity contribution in [3.05, 3.63) is 52.5 Å². The van der Waals surface area contributed by atoms with E-state index in [9.17, 15) is 0 Å². The lowest BCUT2D eigenvalue weighted by atomic mass is 9.80. The first-order valence-corrected chi connectivity index (χ1v) is 14.1. The molecule has 0 aliphatic heterocycles. The van der Waals surface area contributed by atoms with Crippen LogP contribution in [0, 0.1) is 0 Å². The first kappa shape index (κ1) is 34.7. The third kappa shape index (κ3) is 9.95. The summed E-state index contributed by atoms with van der Waals surface area (Å²) in [6.45, 7) is 39.2. The van der Waals surface area contributed by atoms with Crippen LogP contribution >= 0.6 is 0 Å². The molecule has 222 valence electrons. The molecule has 0 atom stereocenters. The number of aromatic amines is 1. The fraction of sp³-hybridized carbons (Fsp3) is 0.727. The highest BCUT2D eigenvalue weighted by atomic mass is 16.5. The van der Waals surface area contributed by atoms with E-state index in [4.69, 9.17) is 9.05 Å². The predicted octanol–water partition coefficient (Wildman–Crippen LogP) is 9.54. The zero-order valence-corrected chi connectivity index (χ0v) is 28.4. The van der Waals surface area contributed by atoms with Crippen LogP contribution in [0.25, 0.3) is 0 Å². The lowest BCUT2D eigenvalue weighted by molar-refractivity contribution is 0.322. The van der Waals surface area contributed by atoms with Gasteiger partial charge in [-0.25, -0.2) is 0 Å². The highest BCUT2D eigenvalue weighted by Gasteiger charge is 2.30. The van der Waals surface area contributed by atoms with E-state index in [1.807, 2.05) is 12.4 Å². The second-order valence-corrected chi connectivity index (χ2v) is 16.8. The summed E-state index contributed by atoms with van der Waals surface area (Å²) in [5.41, 5.74) is 6.72. The number of nitrogens with zero attached hydrogens (tertiary/aromatic N) is 3. The zero-order valence-electron chi connectivity index (χ0n) is 28.4. The molecule has 0 bridgehead atoms. The van der Waals surface area contributed by atoms with Crippen molar-refractivity contribution >= 4 is 0 Å². The summed E-state index contributed by atoms with van der Waals surface area (Å²) in [4.78, 5) is 0. The third-order valence-electron chi connectivity index (χ3n) is 6.35. The topological polar surface area (TPSA) is 80.7 Å². The molecule has 0 spiro atoms. The first-order valence-electron chi connectivity index (χ1n) is 14.1. The molecule has 0 aliphatic carbocycles. The first-order chi connectivity index (χ1) is 17.2. The Balaban J connectivity index is 0.000000292. The van der Waals surface area contributed by atoms with E-state index in [2.05, 4.69) is 145 Å². The largest absolute Gasteiger partial charge is 0.364 e. The average Bonchev–Trinajstić information content (AvgIpc) is 3.45. The van der Waals surface area contributed by atoms with Crippen LogP contribution in [0.4, 0.5) is 0 Å². The summed E-state index contributed by atoms with van der Waals surface area (Å²) in [7, 11) is 0. The van der Waals surface area contributed by atoms with Crippen LogP contribution in [-0.2, 0) is 32.5 Å². The molecule has 0 saturated heterocycles. The summed E-state index contributed by atoms with van der Waals surface area (Å²) >= 11 is 0. The number of hydrogen-bond donors (Lipinski definition) is 1. The minimum absolute atomic E-state index is 0.0408. The maximum atomic E-state index is 5.31. The van der Waals surface area contributed by atoms with Crippen LogP contribution < -0.4 is 0 Å². The van der Waals surface area contributed by atoms with Crippen molar-refractivity contribution in [1.82, 2.24) is 20.5 Å². The third-order valence-corrected chi connectivity index (χ3v) is 6.35. The molecule has 0 amide bonds. The molecule has 0 aromatic carbocycles. The van der Waals surface area contributed by atoms with E-state index in [-0.39, 0.29) is 32.5 Å². The number of rotatable bonds is 0. The quantitative estimate of drug-likeness (QED) is 0.306. The Hall–Kier alpha value is -2.37. The molecule has 39 heavy (non-hydrogen) atoms. The summed E-state index contributed by atoms with van der Waals surface area (Å²) in [5.74, 6) is 1.00. The SMILES string of the molecule is CC(C)(C)c1cn[nH]c1C(C)(C)C.CC(C)(C)c1cnoc1C(C)(C)C.CC(C)(C)c1conc1C(C)(C)C. The molecule has 6 heteroatoms. The van der Waals surface area contributed by atoms with Crippen molar-refractivity contribution in [1.29, 1.82) is 0 Å². The summed E-state index contributed by atoms with van der Waals surface area (Å²) in [6.07, 6.45) is 5.54. The van der Waals surface area contributed by atoms with E-state index in [1.165, 1.54) is 22.4 Å². The van der Waals surface area contributed by atoms with Gasteiger partial charge in [0.1, 0.15) is 12.0 Å². The maximum Gasteiger partial charge on any atom is 0.145 e. The lowest BCUT2D eigenvalue weighted by Crippen LogP contribution is -2.20. The standard InChI is InChI=1S/C11H20N2.2C11H19NO/c1-10(2,3)8-7-12-13-9(8)11(4,5)6;1-10(2,3)8-7-13-12-9(8)11(4,5)6;1-10(2,3)8-7-12-13-9(8)11(4,5)6/h7H,1-6H3,(H,12,13);2*7H,1-6H3. The summed E-state index contributed by atoms with van der Waals surface area (Å²) in [6, 6.07) is 0. The summed E-state index contributed by atoms with van der Waals surface area (Å²) in [5, 5.41) is 15.2. The minimum atomic E-state index is 0.0408. The van der Waals surface area contributed by atoms with Gasteiger partial charge in [0, 0.05) is 33.1 Å². The van der Waals surface area contributed by atoms with Gasteiger partial charge in [-0.2, -0.15) is 5.10 Å². The molecule has 3 heterocycles. The van der Waals surface area contributed by atoms with Gasteiger partial charge >= 0.3 is 0 Å². The van der Waals surface area contributed by atoms with Crippen LogP contribution in [0.15, 0.2) is 27.7 Å². The van der Waals surface area contributed by atoms with Crippen molar-refractivity contribution in [2.24, 2.45) is 0 Å². The van der Waals surface area contributed by atoms with Crippen molar-refractivity contribution in [2.45, 2.75) is 157 Å². The van der Waals surface area contributed by atoms with Gasteiger partial charge in [0.2, 0.25) is 0 Å². The average molecular weight is 543 g/mol. The smallest absolute Gasteiger partial charge is 0.145 e. The monoisotopic (exact) mass is 542 g/mol. The second kappa shape index (κ2) is 11.6.